The Balaban J connectivity index is 2.00. The Labute approximate surface area is 203 Å². The van der Waals surface area contributed by atoms with Gasteiger partial charge in [-0.2, -0.15) is 0 Å². The van der Waals surface area contributed by atoms with E-state index in [0.717, 1.165) is 5.75 Å². The number of fused-ring (bicyclic) bond motifs is 3. The highest BCUT2D eigenvalue weighted by molar-refractivity contribution is 7.21. The molecule has 0 fully saturated rings. The van der Waals surface area contributed by atoms with E-state index in [4.69, 9.17) is 4.74 Å². The van der Waals surface area contributed by atoms with Crippen molar-refractivity contribution < 1.29 is 4.74 Å². The van der Waals surface area contributed by atoms with Crippen LogP contribution in [0, 0.1) is 0 Å². The highest BCUT2D eigenvalue weighted by Gasteiger charge is 2.45. The van der Waals surface area contributed by atoms with E-state index >= 15 is 0 Å². The summed E-state index contributed by atoms with van der Waals surface area (Å²) in [6.07, 6.45) is 1.87. The number of ether oxygens (including phenoxy) is 1. The zero-order chi connectivity index (χ0) is 23.5. The van der Waals surface area contributed by atoms with Crippen LogP contribution in [0.25, 0.3) is 9.75 Å². The summed E-state index contributed by atoms with van der Waals surface area (Å²) >= 11 is 3.79. The zero-order valence-corrected chi connectivity index (χ0v) is 23.4. The molecular weight excluding hydrogens is 445 g/mol. The molecule has 0 radical (unpaired) electrons. The first-order valence-electron chi connectivity index (χ1n) is 11.5. The topological polar surface area (TPSA) is 9.23 Å². The predicted molar refractivity (Wildman–Crippen MR) is 146 cm³/mol. The number of thiophene rings is 2. The van der Waals surface area contributed by atoms with Crippen LogP contribution in [0.3, 0.4) is 0 Å². The van der Waals surface area contributed by atoms with Gasteiger partial charge in [0.05, 0.1) is 8.07 Å². The molecule has 0 aliphatic heterocycles. The molecule has 170 valence electrons. The standard InChI is InChI=1S/C28H36OS2Si/c1-10-13-29-23-21(28(5,6)7)16-18(27(2,3)4)17-22(23)32(8,9)26-19-11-14-30-24(19)25-20(26)12-15-31-25/h10-12,14-17,26H,1,13H2,2-9H3. The van der Waals surface area contributed by atoms with E-state index < -0.39 is 8.07 Å². The molecule has 4 rings (SSSR count). The van der Waals surface area contributed by atoms with Gasteiger partial charge < -0.3 is 4.74 Å². The summed E-state index contributed by atoms with van der Waals surface area (Å²) in [5, 5.41) is 5.98. The largest absolute Gasteiger partial charge is 0.489 e. The fourth-order valence-electron chi connectivity index (χ4n) is 4.96. The van der Waals surface area contributed by atoms with Crippen LogP contribution < -0.4 is 9.92 Å². The van der Waals surface area contributed by atoms with Gasteiger partial charge in [0.15, 0.2) is 0 Å². The molecule has 2 aromatic heterocycles. The Hall–Kier alpha value is -1.62. The molecule has 0 saturated heterocycles. The predicted octanol–water partition coefficient (Wildman–Crippen LogP) is 8.24. The Morgan fingerprint density at radius 3 is 1.97 bits per heavy atom. The van der Waals surface area contributed by atoms with E-state index in [-0.39, 0.29) is 10.8 Å². The summed E-state index contributed by atoms with van der Waals surface area (Å²) in [7, 11) is -2.04. The van der Waals surface area contributed by atoms with Crippen LogP contribution in [0.5, 0.6) is 5.75 Å². The molecule has 0 N–H and O–H groups in total. The molecule has 0 atom stereocenters. The SMILES string of the molecule is C=CCOc1c(C(C)(C)C)cc(C(C)(C)C)cc1[Si](C)(C)C1c2ccsc2-c2sccc21. The Morgan fingerprint density at radius 2 is 1.50 bits per heavy atom. The van der Waals surface area contributed by atoms with E-state index in [2.05, 4.69) is 96.2 Å². The monoisotopic (exact) mass is 480 g/mol. The van der Waals surface area contributed by atoms with Crippen LogP contribution in [0.1, 0.15) is 69.3 Å². The van der Waals surface area contributed by atoms with Crippen molar-refractivity contribution >= 4 is 35.9 Å². The molecule has 3 aromatic rings. The second kappa shape index (κ2) is 8.00. The molecule has 32 heavy (non-hydrogen) atoms. The Bertz CT molecular complexity index is 1110. The van der Waals surface area contributed by atoms with Crippen LogP contribution in [-0.2, 0) is 10.8 Å². The van der Waals surface area contributed by atoms with Gasteiger partial charge in [-0.3, -0.25) is 0 Å². The lowest BCUT2D eigenvalue weighted by molar-refractivity contribution is 0.353. The molecule has 4 heteroatoms. The average molecular weight is 481 g/mol. The van der Waals surface area contributed by atoms with Gasteiger partial charge in [0.1, 0.15) is 12.4 Å². The van der Waals surface area contributed by atoms with Crippen molar-refractivity contribution in [2.45, 2.75) is 71.0 Å². The first-order chi connectivity index (χ1) is 14.9. The maximum atomic E-state index is 6.52. The summed E-state index contributed by atoms with van der Waals surface area (Å²) < 4.78 is 6.52. The van der Waals surface area contributed by atoms with Crippen molar-refractivity contribution in [3.8, 4) is 15.5 Å². The molecule has 1 nitrogen and oxygen atoms in total. The van der Waals surface area contributed by atoms with Gasteiger partial charge in [-0.1, -0.05) is 79.4 Å². The Morgan fingerprint density at radius 1 is 0.938 bits per heavy atom. The lowest BCUT2D eigenvalue weighted by Gasteiger charge is -2.37. The average Bonchev–Trinajstić information content (AvgIpc) is 3.37. The summed E-state index contributed by atoms with van der Waals surface area (Å²) in [6.45, 7) is 23.4. The molecule has 1 aromatic carbocycles. The Kier molecular flexibility index (Phi) is 5.88. The second-order valence-corrected chi connectivity index (χ2v) is 18.0. The van der Waals surface area contributed by atoms with E-state index in [1.165, 1.54) is 37.2 Å². The minimum absolute atomic E-state index is 0.00620. The van der Waals surface area contributed by atoms with Crippen LogP contribution in [-0.4, -0.2) is 14.7 Å². The fraction of sp³-hybridized carbons (Fsp3) is 0.429. The van der Waals surface area contributed by atoms with Crippen molar-refractivity contribution in [3.63, 3.8) is 0 Å². The third kappa shape index (κ3) is 3.84. The molecule has 0 bridgehead atoms. The lowest BCUT2D eigenvalue weighted by Crippen LogP contribution is -2.49. The summed E-state index contributed by atoms with van der Waals surface area (Å²) in [6, 6.07) is 9.62. The van der Waals surface area contributed by atoms with Gasteiger partial charge in [0.25, 0.3) is 0 Å². The molecular formula is C28H36OS2Si. The number of hydrogen-bond donors (Lipinski definition) is 0. The number of hydrogen-bond acceptors (Lipinski definition) is 3. The third-order valence-electron chi connectivity index (χ3n) is 6.74. The summed E-state index contributed by atoms with van der Waals surface area (Å²) in [5.74, 6) is 1.10. The van der Waals surface area contributed by atoms with E-state index in [1.807, 2.05) is 28.7 Å². The highest BCUT2D eigenvalue weighted by atomic mass is 32.1. The van der Waals surface area contributed by atoms with Crippen molar-refractivity contribution in [3.05, 3.63) is 69.9 Å². The summed E-state index contributed by atoms with van der Waals surface area (Å²) in [4.78, 5) is 2.97. The maximum Gasteiger partial charge on any atom is 0.122 e. The van der Waals surface area contributed by atoms with Gasteiger partial charge in [0.2, 0.25) is 0 Å². The quantitative estimate of drug-likeness (QED) is 0.264. The molecule has 2 heterocycles. The van der Waals surface area contributed by atoms with Gasteiger partial charge in [-0.15, -0.1) is 22.7 Å². The van der Waals surface area contributed by atoms with Gasteiger partial charge in [0, 0.05) is 15.3 Å². The number of benzene rings is 1. The second-order valence-electron chi connectivity index (χ2n) is 11.6. The molecule has 0 unspecified atom stereocenters. The first kappa shape index (κ1) is 23.5. The van der Waals surface area contributed by atoms with Crippen LogP contribution in [0.4, 0.5) is 0 Å². The van der Waals surface area contributed by atoms with Crippen molar-refractivity contribution in [2.75, 3.05) is 6.61 Å². The van der Waals surface area contributed by atoms with E-state index in [1.54, 1.807) is 0 Å². The molecule has 0 spiro atoms. The van der Waals surface area contributed by atoms with E-state index in [9.17, 15) is 0 Å². The number of rotatable bonds is 5. The van der Waals surface area contributed by atoms with Crippen LogP contribution >= 0.6 is 22.7 Å². The molecule has 1 aliphatic rings. The van der Waals surface area contributed by atoms with Gasteiger partial charge in [-0.05, 0) is 61.2 Å². The van der Waals surface area contributed by atoms with Crippen molar-refractivity contribution in [2.24, 2.45) is 0 Å². The summed E-state index contributed by atoms with van der Waals surface area (Å²) in [5.41, 5.74) is 6.30. The zero-order valence-electron chi connectivity index (χ0n) is 20.8. The molecule has 0 amide bonds. The fourth-order valence-corrected chi connectivity index (χ4v) is 10.9. The van der Waals surface area contributed by atoms with Crippen molar-refractivity contribution in [1.82, 2.24) is 0 Å². The normalized spacial score (nSPS) is 14.4. The first-order valence-corrected chi connectivity index (χ1v) is 16.3. The molecule has 1 aliphatic carbocycles. The van der Waals surface area contributed by atoms with Crippen molar-refractivity contribution in [1.29, 1.82) is 0 Å². The minimum atomic E-state index is -2.04. The minimum Gasteiger partial charge on any atom is -0.489 e. The highest BCUT2D eigenvalue weighted by Crippen LogP contribution is 2.54. The van der Waals surface area contributed by atoms with Crippen LogP contribution in [0.2, 0.25) is 13.1 Å². The van der Waals surface area contributed by atoms with Gasteiger partial charge >= 0.3 is 0 Å². The maximum absolute atomic E-state index is 6.52. The molecule has 0 saturated carbocycles. The third-order valence-corrected chi connectivity index (χ3v) is 12.6. The van der Waals surface area contributed by atoms with E-state index in [0.29, 0.717) is 12.1 Å². The van der Waals surface area contributed by atoms with Gasteiger partial charge in [-0.25, -0.2) is 0 Å². The smallest absolute Gasteiger partial charge is 0.122 e. The van der Waals surface area contributed by atoms with Crippen LogP contribution in [0.15, 0.2) is 47.7 Å². The lowest BCUT2D eigenvalue weighted by atomic mass is 9.80.